The number of rotatable bonds is 4. The van der Waals surface area contributed by atoms with Crippen molar-refractivity contribution in [1.29, 1.82) is 0 Å². The summed E-state index contributed by atoms with van der Waals surface area (Å²) in [5.41, 5.74) is 0. The van der Waals surface area contributed by atoms with E-state index >= 15 is 0 Å². The average Bonchev–Trinajstić information content (AvgIpc) is 2.58. The standard InChI is InChI=1S/C18H15O5PS/c19-13-7-1-3-9-15(13)24(16-10-4-2-8-14(16)20)17-11-5-6-12-18(17)25(21,22)23/h1-12,19-20H,(H,21,22,23). The molecular weight excluding hydrogens is 359 g/mol. The van der Waals surface area contributed by atoms with Crippen molar-refractivity contribution in [1.82, 2.24) is 0 Å². The number of hydrogen-bond donors (Lipinski definition) is 3. The highest BCUT2D eigenvalue weighted by Crippen LogP contribution is 2.40. The zero-order valence-corrected chi connectivity index (χ0v) is 14.7. The minimum atomic E-state index is -4.47. The van der Waals surface area contributed by atoms with Crippen molar-refractivity contribution >= 4 is 34.0 Å². The van der Waals surface area contributed by atoms with Crippen molar-refractivity contribution in [3.8, 4) is 11.5 Å². The van der Waals surface area contributed by atoms with Gasteiger partial charge in [-0.25, -0.2) is 0 Å². The van der Waals surface area contributed by atoms with E-state index in [1.54, 1.807) is 48.5 Å². The van der Waals surface area contributed by atoms with Gasteiger partial charge in [-0.15, -0.1) is 0 Å². The first kappa shape index (κ1) is 17.4. The molecule has 0 aliphatic rings. The van der Waals surface area contributed by atoms with Crippen molar-refractivity contribution in [3.63, 3.8) is 0 Å². The number of para-hydroxylation sites is 2. The highest BCUT2D eigenvalue weighted by atomic mass is 32.2. The van der Waals surface area contributed by atoms with Gasteiger partial charge in [0.15, 0.2) is 0 Å². The summed E-state index contributed by atoms with van der Waals surface area (Å²) >= 11 is 0. The van der Waals surface area contributed by atoms with Crippen LogP contribution in [0.4, 0.5) is 0 Å². The molecule has 0 unspecified atom stereocenters. The second-order valence-corrected chi connectivity index (χ2v) is 8.76. The summed E-state index contributed by atoms with van der Waals surface area (Å²) in [6.07, 6.45) is 0. The van der Waals surface area contributed by atoms with Gasteiger partial charge in [-0.2, -0.15) is 8.42 Å². The summed E-state index contributed by atoms with van der Waals surface area (Å²) in [5, 5.41) is 21.9. The number of benzene rings is 3. The SMILES string of the molecule is O=S(=O)(O)c1ccccc1P(c1ccccc1O)c1ccccc1O. The Morgan fingerprint density at radius 2 is 1.04 bits per heavy atom. The fourth-order valence-electron chi connectivity index (χ4n) is 2.56. The predicted molar refractivity (Wildman–Crippen MR) is 98.3 cm³/mol. The second-order valence-electron chi connectivity index (χ2n) is 5.26. The molecule has 0 saturated heterocycles. The average molecular weight is 374 g/mol. The van der Waals surface area contributed by atoms with Gasteiger partial charge in [-0.05, 0) is 26.1 Å². The lowest BCUT2D eigenvalue weighted by atomic mass is 10.3. The highest BCUT2D eigenvalue weighted by molar-refractivity contribution is 7.88. The Kier molecular flexibility index (Phi) is 4.77. The van der Waals surface area contributed by atoms with E-state index in [9.17, 15) is 23.2 Å². The van der Waals surface area contributed by atoms with Gasteiger partial charge in [0.2, 0.25) is 0 Å². The van der Waals surface area contributed by atoms with Gasteiger partial charge >= 0.3 is 0 Å². The van der Waals surface area contributed by atoms with Gasteiger partial charge in [0, 0.05) is 15.9 Å². The highest BCUT2D eigenvalue weighted by Gasteiger charge is 2.27. The molecule has 3 rings (SSSR count). The molecule has 25 heavy (non-hydrogen) atoms. The second kappa shape index (κ2) is 6.84. The number of hydrogen-bond acceptors (Lipinski definition) is 4. The van der Waals surface area contributed by atoms with Gasteiger partial charge in [-0.1, -0.05) is 54.6 Å². The minimum absolute atomic E-state index is 0.0120. The molecule has 5 nitrogen and oxygen atoms in total. The Labute approximate surface area is 146 Å². The van der Waals surface area contributed by atoms with E-state index in [4.69, 9.17) is 0 Å². The lowest BCUT2D eigenvalue weighted by Gasteiger charge is -2.22. The third-order valence-electron chi connectivity index (χ3n) is 3.63. The van der Waals surface area contributed by atoms with Crippen molar-refractivity contribution in [2.45, 2.75) is 4.90 Å². The van der Waals surface area contributed by atoms with Crippen LogP contribution in [-0.4, -0.2) is 23.2 Å². The summed E-state index contributed by atoms with van der Waals surface area (Å²) in [7, 11) is -6.08. The van der Waals surface area contributed by atoms with Crippen LogP contribution in [0.25, 0.3) is 0 Å². The molecule has 0 radical (unpaired) electrons. The molecule has 0 aromatic heterocycles. The molecule has 0 saturated carbocycles. The Morgan fingerprint density at radius 3 is 1.48 bits per heavy atom. The topological polar surface area (TPSA) is 94.8 Å². The van der Waals surface area contributed by atoms with Crippen LogP contribution in [0.3, 0.4) is 0 Å². The molecule has 0 aliphatic carbocycles. The Morgan fingerprint density at radius 1 is 0.640 bits per heavy atom. The van der Waals surface area contributed by atoms with Crippen LogP contribution in [0.15, 0.2) is 77.7 Å². The summed E-state index contributed by atoms with van der Waals surface area (Å²) in [6, 6.07) is 19.2. The molecule has 0 fully saturated rings. The molecule has 0 spiro atoms. The monoisotopic (exact) mass is 374 g/mol. The Hall–Kier alpha value is -2.40. The summed E-state index contributed by atoms with van der Waals surface area (Å²) in [6.45, 7) is 0. The fourth-order valence-corrected chi connectivity index (χ4v) is 6.14. The van der Waals surface area contributed by atoms with Crippen molar-refractivity contribution in [3.05, 3.63) is 72.8 Å². The number of phenolic OH excluding ortho intramolecular Hbond substituents is 2. The molecule has 3 aromatic rings. The van der Waals surface area contributed by atoms with Crippen molar-refractivity contribution in [2.24, 2.45) is 0 Å². The lowest BCUT2D eigenvalue weighted by Crippen LogP contribution is -2.25. The zero-order valence-electron chi connectivity index (χ0n) is 12.9. The van der Waals surface area contributed by atoms with Gasteiger partial charge in [-0.3, -0.25) is 4.55 Å². The molecule has 3 aromatic carbocycles. The minimum Gasteiger partial charge on any atom is -0.507 e. The molecule has 3 N–H and O–H groups in total. The summed E-state index contributed by atoms with van der Waals surface area (Å²) < 4.78 is 33.3. The first-order valence-electron chi connectivity index (χ1n) is 7.32. The van der Waals surface area contributed by atoms with Crippen LogP contribution in [0.2, 0.25) is 0 Å². The van der Waals surface area contributed by atoms with E-state index in [-0.39, 0.29) is 16.4 Å². The smallest absolute Gasteiger partial charge is 0.295 e. The number of phenols is 2. The van der Waals surface area contributed by atoms with E-state index in [1.165, 1.54) is 24.3 Å². The molecule has 0 aliphatic heterocycles. The van der Waals surface area contributed by atoms with E-state index in [1.807, 2.05) is 0 Å². The molecule has 0 atom stereocenters. The summed E-state index contributed by atoms with van der Waals surface area (Å²) in [5.74, 6) is -0.0241. The van der Waals surface area contributed by atoms with Crippen LogP contribution < -0.4 is 15.9 Å². The molecule has 0 bridgehead atoms. The predicted octanol–water partition coefficient (Wildman–Crippen LogP) is 2.10. The van der Waals surface area contributed by atoms with Gasteiger partial charge in [0.05, 0.1) is 0 Å². The van der Waals surface area contributed by atoms with E-state index < -0.39 is 18.0 Å². The quantitative estimate of drug-likeness (QED) is 0.480. The van der Waals surface area contributed by atoms with E-state index in [0.717, 1.165) is 0 Å². The third kappa shape index (κ3) is 3.51. The molecule has 7 heteroatoms. The summed E-state index contributed by atoms with van der Waals surface area (Å²) in [4.78, 5) is -0.243. The third-order valence-corrected chi connectivity index (χ3v) is 7.28. The van der Waals surface area contributed by atoms with Crippen LogP contribution >= 0.6 is 7.92 Å². The first-order valence-corrected chi connectivity index (χ1v) is 10.1. The maximum Gasteiger partial charge on any atom is 0.295 e. The van der Waals surface area contributed by atoms with E-state index in [0.29, 0.717) is 15.9 Å². The maximum absolute atomic E-state index is 11.8. The fraction of sp³-hybridized carbons (Fsp3) is 0. The van der Waals surface area contributed by atoms with Crippen molar-refractivity contribution < 1.29 is 23.2 Å². The molecular formula is C18H15O5PS. The maximum atomic E-state index is 11.8. The van der Waals surface area contributed by atoms with E-state index in [2.05, 4.69) is 0 Å². The lowest BCUT2D eigenvalue weighted by molar-refractivity contribution is 0.478. The van der Waals surface area contributed by atoms with Crippen LogP contribution in [0.1, 0.15) is 0 Å². The van der Waals surface area contributed by atoms with Crippen molar-refractivity contribution in [2.75, 3.05) is 0 Å². The Balaban J connectivity index is 2.35. The van der Waals surface area contributed by atoms with Crippen LogP contribution in [0, 0.1) is 0 Å². The first-order chi connectivity index (χ1) is 11.9. The van der Waals surface area contributed by atoms with Gasteiger partial charge in [0.1, 0.15) is 16.4 Å². The molecule has 0 heterocycles. The largest absolute Gasteiger partial charge is 0.507 e. The van der Waals surface area contributed by atoms with Crippen LogP contribution in [0.5, 0.6) is 11.5 Å². The molecule has 0 amide bonds. The number of aromatic hydroxyl groups is 2. The Bertz CT molecular complexity index is 972. The zero-order chi connectivity index (χ0) is 18.0. The molecule has 128 valence electrons. The normalized spacial score (nSPS) is 11.6. The van der Waals surface area contributed by atoms with Gasteiger partial charge in [0.25, 0.3) is 10.1 Å². The van der Waals surface area contributed by atoms with Gasteiger partial charge < -0.3 is 10.2 Å². The van der Waals surface area contributed by atoms with Crippen LogP contribution in [-0.2, 0) is 10.1 Å².